The standard InChI is InChI=1S/C11H24O2/c1-7-8-11(5,6)13-12-9-10(2,3)4/h7-9H2,1-6H3. The van der Waals surface area contributed by atoms with Crippen molar-refractivity contribution in [2.24, 2.45) is 5.41 Å². The molecule has 0 atom stereocenters. The van der Waals surface area contributed by atoms with Gasteiger partial charge in [-0.2, -0.15) is 0 Å². The van der Waals surface area contributed by atoms with Crippen LogP contribution in [0, 0.1) is 5.41 Å². The molecule has 2 heteroatoms. The molecule has 0 N–H and O–H groups in total. The summed E-state index contributed by atoms with van der Waals surface area (Å²) in [5, 5.41) is 0. The molecular formula is C11H24O2. The van der Waals surface area contributed by atoms with Crippen LogP contribution in [0.1, 0.15) is 54.4 Å². The molecule has 13 heavy (non-hydrogen) atoms. The molecule has 0 aromatic rings. The highest BCUT2D eigenvalue weighted by molar-refractivity contribution is 4.65. The molecule has 0 saturated heterocycles. The molecule has 80 valence electrons. The Balaban J connectivity index is 3.63. The second kappa shape index (κ2) is 4.97. The van der Waals surface area contributed by atoms with Gasteiger partial charge in [-0.25, -0.2) is 9.78 Å². The fourth-order valence-corrected chi connectivity index (χ4v) is 1.01. The van der Waals surface area contributed by atoms with Crippen LogP contribution in [0.5, 0.6) is 0 Å². The maximum Gasteiger partial charge on any atom is 0.0980 e. The van der Waals surface area contributed by atoms with E-state index in [-0.39, 0.29) is 11.0 Å². The van der Waals surface area contributed by atoms with Gasteiger partial charge in [0.1, 0.15) is 0 Å². The minimum absolute atomic E-state index is 0.153. The number of rotatable bonds is 5. The smallest absolute Gasteiger partial charge is 0.0980 e. The van der Waals surface area contributed by atoms with E-state index < -0.39 is 0 Å². The first-order valence-electron chi connectivity index (χ1n) is 5.07. The number of hydrogen-bond donors (Lipinski definition) is 0. The van der Waals surface area contributed by atoms with E-state index >= 15 is 0 Å². The van der Waals surface area contributed by atoms with Gasteiger partial charge in [-0.15, -0.1) is 0 Å². The first kappa shape index (κ1) is 12.9. The molecule has 0 aromatic heterocycles. The van der Waals surface area contributed by atoms with Crippen LogP contribution in [0.3, 0.4) is 0 Å². The summed E-state index contributed by atoms with van der Waals surface area (Å²) in [6, 6.07) is 0. The van der Waals surface area contributed by atoms with E-state index in [0.29, 0.717) is 6.61 Å². The van der Waals surface area contributed by atoms with Crippen molar-refractivity contribution in [3.63, 3.8) is 0 Å². The zero-order chi connectivity index (χ0) is 10.5. The molecule has 0 rings (SSSR count). The van der Waals surface area contributed by atoms with Crippen LogP contribution in [0.15, 0.2) is 0 Å². The number of hydrogen-bond acceptors (Lipinski definition) is 2. The van der Waals surface area contributed by atoms with Crippen LogP contribution in [0.2, 0.25) is 0 Å². The highest BCUT2D eigenvalue weighted by Gasteiger charge is 2.20. The second-order valence-electron chi connectivity index (χ2n) is 5.42. The van der Waals surface area contributed by atoms with Crippen molar-refractivity contribution in [1.29, 1.82) is 0 Å². The summed E-state index contributed by atoms with van der Waals surface area (Å²) >= 11 is 0. The molecule has 0 aromatic carbocycles. The van der Waals surface area contributed by atoms with Gasteiger partial charge < -0.3 is 0 Å². The van der Waals surface area contributed by atoms with Crippen molar-refractivity contribution in [2.75, 3.05) is 6.61 Å². The predicted molar refractivity (Wildman–Crippen MR) is 55.5 cm³/mol. The summed E-state index contributed by atoms with van der Waals surface area (Å²) in [6.07, 6.45) is 2.14. The summed E-state index contributed by atoms with van der Waals surface area (Å²) in [5.74, 6) is 0. The molecule has 0 radical (unpaired) electrons. The molecule has 0 aliphatic heterocycles. The normalized spacial score (nSPS) is 13.4. The Morgan fingerprint density at radius 3 is 1.92 bits per heavy atom. The lowest BCUT2D eigenvalue weighted by Gasteiger charge is -2.25. The largest absolute Gasteiger partial charge is 0.236 e. The molecule has 2 nitrogen and oxygen atoms in total. The molecule has 0 spiro atoms. The molecule has 0 aliphatic rings. The lowest BCUT2D eigenvalue weighted by Crippen LogP contribution is -2.26. The zero-order valence-corrected chi connectivity index (χ0v) is 9.94. The quantitative estimate of drug-likeness (QED) is 0.485. The Kier molecular flexibility index (Phi) is 4.93. The summed E-state index contributed by atoms with van der Waals surface area (Å²) in [5.41, 5.74) is 0.0162. The van der Waals surface area contributed by atoms with Gasteiger partial charge >= 0.3 is 0 Å². The highest BCUT2D eigenvalue weighted by Crippen LogP contribution is 2.19. The van der Waals surface area contributed by atoms with Crippen LogP contribution in [-0.2, 0) is 9.78 Å². The average molecular weight is 188 g/mol. The average Bonchev–Trinajstić information content (AvgIpc) is 1.82. The molecular weight excluding hydrogens is 164 g/mol. The van der Waals surface area contributed by atoms with Crippen LogP contribution in [-0.4, -0.2) is 12.2 Å². The Morgan fingerprint density at radius 1 is 1.00 bits per heavy atom. The van der Waals surface area contributed by atoms with Crippen molar-refractivity contribution in [3.05, 3.63) is 0 Å². The van der Waals surface area contributed by atoms with Gasteiger partial charge in [-0.3, -0.25) is 0 Å². The SMILES string of the molecule is CCCC(C)(C)OOCC(C)(C)C. The first-order chi connectivity index (χ1) is 5.77. The van der Waals surface area contributed by atoms with E-state index in [0.717, 1.165) is 12.8 Å². The Bertz CT molecular complexity index is 134. The van der Waals surface area contributed by atoms with Gasteiger partial charge in [0.15, 0.2) is 0 Å². The molecule has 0 bridgehead atoms. The predicted octanol–water partition coefficient (Wildman–Crippen LogP) is 3.56. The van der Waals surface area contributed by atoms with Crippen molar-refractivity contribution >= 4 is 0 Å². The second-order valence-corrected chi connectivity index (χ2v) is 5.42. The lowest BCUT2D eigenvalue weighted by molar-refractivity contribution is -0.363. The fraction of sp³-hybridized carbons (Fsp3) is 1.00. The first-order valence-corrected chi connectivity index (χ1v) is 5.07. The van der Waals surface area contributed by atoms with Gasteiger partial charge in [0.05, 0.1) is 12.2 Å². The zero-order valence-electron chi connectivity index (χ0n) is 9.94. The third-order valence-corrected chi connectivity index (χ3v) is 1.63. The van der Waals surface area contributed by atoms with Gasteiger partial charge in [-0.05, 0) is 25.7 Å². The van der Waals surface area contributed by atoms with E-state index in [4.69, 9.17) is 9.78 Å². The van der Waals surface area contributed by atoms with Crippen LogP contribution >= 0.6 is 0 Å². The third kappa shape index (κ3) is 8.26. The summed E-state index contributed by atoms with van der Waals surface area (Å²) in [7, 11) is 0. The highest BCUT2D eigenvalue weighted by atomic mass is 17.2. The Hall–Kier alpha value is -0.0800. The van der Waals surface area contributed by atoms with Gasteiger partial charge in [0.25, 0.3) is 0 Å². The van der Waals surface area contributed by atoms with Crippen LogP contribution in [0.4, 0.5) is 0 Å². The van der Waals surface area contributed by atoms with E-state index in [1.165, 1.54) is 0 Å². The van der Waals surface area contributed by atoms with Crippen LogP contribution in [0.25, 0.3) is 0 Å². The minimum atomic E-state index is -0.153. The summed E-state index contributed by atoms with van der Waals surface area (Å²) in [4.78, 5) is 10.6. The summed E-state index contributed by atoms with van der Waals surface area (Å²) < 4.78 is 0. The molecule has 0 amide bonds. The van der Waals surface area contributed by atoms with Crippen molar-refractivity contribution < 1.29 is 9.78 Å². The maximum atomic E-state index is 5.35. The molecule has 0 unspecified atom stereocenters. The molecule has 0 saturated carbocycles. The Labute approximate surface area is 82.5 Å². The van der Waals surface area contributed by atoms with Crippen molar-refractivity contribution in [3.8, 4) is 0 Å². The van der Waals surface area contributed by atoms with E-state index in [2.05, 4.69) is 41.5 Å². The fourth-order valence-electron chi connectivity index (χ4n) is 1.01. The van der Waals surface area contributed by atoms with Gasteiger partial charge in [0, 0.05) is 0 Å². The third-order valence-electron chi connectivity index (χ3n) is 1.63. The van der Waals surface area contributed by atoms with Crippen molar-refractivity contribution in [1.82, 2.24) is 0 Å². The van der Waals surface area contributed by atoms with E-state index in [9.17, 15) is 0 Å². The summed E-state index contributed by atoms with van der Waals surface area (Å²) in [6.45, 7) is 13.3. The van der Waals surface area contributed by atoms with E-state index in [1.54, 1.807) is 0 Å². The molecule has 0 aliphatic carbocycles. The van der Waals surface area contributed by atoms with Crippen LogP contribution < -0.4 is 0 Å². The van der Waals surface area contributed by atoms with Gasteiger partial charge in [0.2, 0.25) is 0 Å². The Morgan fingerprint density at radius 2 is 1.54 bits per heavy atom. The molecule has 0 fully saturated rings. The lowest BCUT2D eigenvalue weighted by atomic mass is 9.99. The van der Waals surface area contributed by atoms with E-state index in [1.807, 2.05) is 0 Å². The van der Waals surface area contributed by atoms with Crippen molar-refractivity contribution in [2.45, 2.75) is 60.0 Å². The maximum absolute atomic E-state index is 5.35. The molecule has 0 heterocycles. The topological polar surface area (TPSA) is 18.5 Å². The minimum Gasteiger partial charge on any atom is -0.236 e. The van der Waals surface area contributed by atoms with Gasteiger partial charge in [-0.1, -0.05) is 34.1 Å². The monoisotopic (exact) mass is 188 g/mol.